The van der Waals surface area contributed by atoms with Gasteiger partial charge in [0.15, 0.2) is 0 Å². The molecule has 1 N–H and O–H groups in total. The summed E-state index contributed by atoms with van der Waals surface area (Å²) >= 11 is 0. The summed E-state index contributed by atoms with van der Waals surface area (Å²) in [7, 11) is 0. The minimum absolute atomic E-state index is 0.666. The van der Waals surface area contributed by atoms with Gasteiger partial charge in [-0.15, -0.1) is 0 Å². The van der Waals surface area contributed by atoms with E-state index in [1.807, 2.05) is 0 Å². The van der Waals surface area contributed by atoms with Crippen LogP contribution in [0.1, 0.15) is 78.6 Å². The highest BCUT2D eigenvalue weighted by Gasteiger charge is 2.19. The second-order valence-corrected chi connectivity index (χ2v) is 6.46. The van der Waals surface area contributed by atoms with Crippen LogP contribution >= 0.6 is 0 Å². The second kappa shape index (κ2) is 10.7. The van der Waals surface area contributed by atoms with Crippen molar-refractivity contribution in [3.63, 3.8) is 0 Å². The molecule has 1 fully saturated rings. The van der Waals surface area contributed by atoms with E-state index in [2.05, 4.69) is 31.0 Å². The van der Waals surface area contributed by atoms with Gasteiger partial charge in [0.05, 0.1) is 0 Å². The van der Waals surface area contributed by atoms with E-state index < -0.39 is 0 Å². The SMILES string of the molecule is CCCCCCCCCCN1CC(C)NCCC1C. The van der Waals surface area contributed by atoms with Crippen LogP contribution in [0.25, 0.3) is 0 Å². The highest BCUT2D eigenvalue weighted by molar-refractivity contribution is 4.78. The van der Waals surface area contributed by atoms with E-state index >= 15 is 0 Å². The van der Waals surface area contributed by atoms with Gasteiger partial charge in [-0.25, -0.2) is 0 Å². The average Bonchev–Trinajstić information content (AvgIpc) is 2.55. The second-order valence-electron chi connectivity index (χ2n) is 6.46. The molecular formula is C17H36N2. The Morgan fingerprint density at radius 1 is 0.947 bits per heavy atom. The van der Waals surface area contributed by atoms with Gasteiger partial charge in [0.25, 0.3) is 0 Å². The van der Waals surface area contributed by atoms with Gasteiger partial charge in [-0.2, -0.15) is 0 Å². The molecule has 19 heavy (non-hydrogen) atoms. The van der Waals surface area contributed by atoms with Crippen LogP contribution < -0.4 is 5.32 Å². The molecule has 0 amide bonds. The number of hydrogen-bond donors (Lipinski definition) is 1. The quantitative estimate of drug-likeness (QED) is 0.631. The van der Waals surface area contributed by atoms with Crippen LogP contribution in [0.15, 0.2) is 0 Å². The Balaban J connectivity index is 2.01. The number of hydrogen-bond acceptors (Lipinski definition) is 2. The van der Waals surface area contributed by atoms with Gasteiger partial charge >= 0.3 is 0 Å². The maximum absolute atomic E-state index is 3.59. The van der Waals surface area contributed by atoms with Crippen LogP contribution in [0, 0.1) is 0 Å². The summed E-state index contributed by atoms with van der Waals surface area (Å²) in [6.07, 6.45) is 12.7. The van der Waals surface area contributed by atoms with Gasteiger partial charge in [0.2, 0.25) is 0 Å². The monoisotopic (exact) mass is 268 g/mol. The third-order valence-corrected chi connectivity index (χ3v) is 4.49. The molecule has 0 aliphatic carbocycles. The Kier molecular flexibility index (Phi) is 9.54. The molecule has 2 nitrogen and oxygen atoms in total. The molecule has 1 aliphatic rings. The molecule has 0 spiro atoms. The van der Waals surface area contributed by atoms with Crippen molar-refractivity contribution in [3.05, 3.63) is 0 Å². The Morgan fingerprint density at radius 2 is 1.58 bits per heavy atom. The molecule has 0 bridgehead atoms. The Morgan fingerprint density at radius 3 is 2.26 bits per heavy atom. The van der Waals surface area contributed by atoms with Gasteiger partial charge in [0.1, 0.15) is 0 Å². The summed E-state index contributed by atoms with van der Waals surface area (Å²) in [5, 5.41) is 3.59. The zero-order chi connectivity index (χ0) is 13.9. The molecule has 0 aromatic carbocycles. The third-order valence-electron chi connectivity index (χ3n) is 4.49. The molecule has 1 aliphatic heterocycles. The van der Waals surface area contributed by atoms with Gasteiger partial charge in [-0.1, -0.05) is 51.9 Å². The Bertz CT molecular complexity index is 205. The van der Waals surface area contributed by atoms with Crippen LogP contribution in [0.4, 0.5) is 0 Å². The van der Waals surface area contributed by atoms with Gasteiger partial charge in [0, 0.05) is 18.6 Å². The lowest BCUT2D eigenvalue weighted by Crippen LogP contribution is -2.39. The molecule has 2 heteroatoms. The summed E-state index contributed by atoms with van der Waals surface area (Å²) in [5.74, 6) is 0. The van der Waals surface area contributed by atoms with Crippen LogP contribution in [-0.4, -0.2) is 36.6 Å². The highest BCUT2D eigenvalue weighted by Crippen LogP contribution is 2.12. The fourth-order valence-corrected chi connectivity index (χ4v) is 3.08. The van der Waals surface area contributed by atoms with Crippen LogP contribution in [-0.2, 0) is 0 Å². The van der Waals surface area contributed by atoms with Crippen molar-refractivity contribution in [2.24, 2.45) is 0 Å². The fraction of sp³-hybridized carbons (Fsp3) is 1.00. The van der Waals surface area contributed by atoms with E-state index in [9.17, 15) is 0 Å². The zero-order valence-corrected chi connectivity index (χ0v) is 13.6. The summed E-state index contributed by atoms with van der Waals surface area (Å²) in [6.45, 7) is 10.7. The highest BCUT2D eigenvalue weighted by atomic mass is 15.2. The van der Waals surface area contributed by atoms with Gasteiger partial charge in [-0.3, -0.25) is 4.90 Å². The van der Waals surface area contributed by atoms with Gasteiger partial charge in [-0.05, 0) is 39.8 Å². The van der Waals surface area contributed by atoms with E-state index in [4.69, 9.17) is 0 Å². The average molecular weight is 268 g/mol. The van der Waals surface area contributed by atoms with Crippen molar-refractivity contribution in [2.45, 2.75) is 90.6 Å². The van der Waals surface area contributed by atoms with Crippen LogP contribution in [0.2, 0.25) is 0 Å². The molecule has 114 valence electrons. The maximum atomic E-state index is 3.59. The zero-order valence-electron chi connectivity index (χ0n) is 13.6. The molecule has 0 radical (unpaired) electrons. The van der Waals surface area contributed by atoms with E-state index in [-0.39, 0.29) is 0 Å². The van der Waals surface area contributed by atoms with Crippen LogP contribution in [0.5, 0.6) is 0 Å². The molecule has 1 rings (SSSR count). The lowest BCUT2D eigenvalue weighted by molar-refractivity contribution is 0.203. The first-order valence-corrected chi connectivity index (χ1v) is 8.71. The van der Waals surface area contributed by atoms with Crippen molar-refractivity contribution in [1.82, 2.24) is 10.2 Å². The topological polar surface area (TPSA) is 15.3 Å². The lowest BCUT2D eigenvalue weighted by Gasteiger charge is -2.28. The molecular weight excluding hydrogens is 232 g/mol. The first-order chi connectivity index (χ1) is 9.24. The molecule has 0 aromatic heterocycles. The number of unbranched alkanes of at least 4 members (excludes halogenated alkanes) is 7. The smallest absolute Gasteiger partial charge is 0.0166 e. The molecule has 1 saturated heterocycles. The number of nitrogens with one attached hydrogen (secondary N) is 1. The summed E-state index contributed by atoms with van der Waals surface area (Å²) < 4.78 is 0. The Labute approximate surface area is 121 Å². The minimum Gasteiger partial charge on any atom is -0.313 e. The van der Waals surface area contributed by atoms with Crippen molar-refractivity contribution in [3.8, 4) is 0 Å². The summed E-state index contributed by atoms with van der Waals surface area (Å²) in [4.78, 5) is 2.70. The van der Waals surface area contributed by atoms with Crippen molar-refractivity contribution >= 4 is 0 Å². The predicted octanol–water partition coefficient (Wildman–Crippen LogP) is 4.20. The summed E-state index contributed by atoms with van der Waals surface area (Å²) in [5.41, 5.74) is 0. The van der Waals surface area contributed by atoms with Gasteiger partial charge < -0.3 is 5.32 Å². The molecule has 2 atom stereocenters. The first kappa shape index (κ1) is 17.0. The molecule has 1 heterocycles. The van der Waals surface area contributed by atoms with Crippen molar-refractivity contribution < 1.29 is 0 Å². The van der Waals surface area contributed by atoms with Crippen molar-refractivity contribution in [2.75, 3.05) is 19.6 Å². The number of nitrogens with zero attached hydrogens (tertiary/aromatic N) is 1. The largest absolute Gasteiger partial charge is 0.313 e. The lowest BCUT2D eigenvalue weighted by atomic mass is 10.1. The van der Waals surface area contributed by atoms with E-state index in [0.717, 1.165) is 6.04 Å². The van der Waals surface area contributed by atoms with E-state index in [0.29, 0.717) is 6.04 Å². The fourth-order valence-electron chi connectivity index (χ4n) is 3.08. The minimum atomic E-state index is 0.666. The standard InChI is InChI=1S/C17H36N2/c1-4-5-6-7-8-9-10-11-14-19-15-16(2)18-13-12-17(19)3/h16-18H,4-15H2,1-3H3. The summed E-state index contributed by atoms with van der Waals surface area (Å²) in [6, 6.07) is 1.43. The Hall–Kier alpha value is -0.0800. The predicted molar refractivity (Wildman–Crippen MR) is 85.7 cm³/mol. The molecule has 0 saturated carbocycles. The van der Waals surface area contributed by atoms with Crippen molar-refractivity contribution in [1.29, 1.82) is 0 Å². The maximum Gasteiger partial charge on any atom is 0.0166 e. The molecule has 2 unspecified atom stereocenters. The molecule has 0 aromatic rings. The van der Waals surface area contributed by atoms with E-state index in [1.165, 1.54) is 77.4 Å². The van der Waals surface area contributed by atoms with E-state index in [1.54, 1.807) is 0 Å². The number of rotatable bonds is 9. The normalized spacial score (nSPS) is 25.4. The third kappa shape index (κ3) is 7.94. The van der Waals surface area contributed by atoms with Crippen LogP contribution in [0.3, 0.4) is 0 Å². The first-order valence-electron chi connectivity index (χ1n) is 8.71.